The van der Waals surface area contributed by atoms with Crippen LogP contribution in [0.4, 0.5) is 11.4 Å². The molecule has 0 saturated carbocycles. The Labute approximate surface area is 101 Å². The molecule has 0 amide bonds. The lowest BCUT2D eigenvalue weighted by Crippen LogP contribution is -2.28. The molecule has 0 radical (unpaired) electrons. The summed E-state index contributed by atoms with van der Waals surface area (Å²) in [7, 11) is 0. The van der Waals surface area contributed by atoms with Crippen LogP contribution in [-0.2, 0) is 0 Å². The molecule has 1 heterocycles. The molecule has 2 aromatic rings. The number of hydrogen-bond acceptors (Lipinski definition) is 2. The smallest absolute Gasteiger partial charge is 0.151 e. The molecule has 0 unspecified atom stereocenters. The lowest BCUT2D eigenvalue weighted by atomic mass is 10.1. The predicted octanol–water partition coefficient (Wildman–Crippen LogP) is 4.34. The number of para-hydroxylation sites is 4. The summed E-state index contributed by atoms with van der Waals surface area (Å²) in [4.78, 5) is 2.31. The van der Waals surface area contributed by atoms with Gasteiger partial charge in [-0.3, -0.25) is 0 Å². The molecule has 0 N–H and O–H groups in total. The van der Waals surface area contributed by atoms with Gasteiger partial charge in [-0.1, -0.05) is 24.3 Å². The first kappa shape index (κ1) is 10.2. The summed E-state index contributed by atoms with van der Waals surface area (Å²) in [6, 6.07) is 16.7. The second kappa shape index (κ2) is 3.81. The molecule has 86 valence electrons. The summed E-state index contributed by atoms with van der Waals surface area (Å²) in [6.07, 6.45) is 0. The largest absolute Gasteiger partial charge is 0.453 e. The van der Waals surface area contributed by atoms with Gasteiger partial charge in [0.25, 0.3) is 0 Å². The SMILES string of the molecule is CC(C)N1c2ccccc2Oc2ccccc21. The summed E-state index contributed by atoms with van der Waals surface area (Å²) in [5, 5.41) is 0. The van der Waals surface area contributed by atoms with Crippen LogP contribution in [0.2, 0.25) is 0 Å². The minimum atomic E-state index is 0.404. The van der Waals surface area contributed by atoms with E-state index >= 15 is 0 Å². The minimum Gasteiger partial charge on any atom is -0.453 e. The van der Waals surface area contributed by atoms with Crippen LogP contribution in [0.15, 0.2) is 48.5 Å². The fourth-order valence-electron chi connectivity index (χ4n) is 2.29. The van der Waals surface area contributed by atoms with E-state index in [1.165, 1.54) is 0 Å². The first-order valence-electron chi connectivity index (χ1n) is 5.92. The molecule has 2 aromatic carbocycles. The molecule has 2 heteroatoms. The summed E-state index contributed by atoms with van der Waals surface area (Å²) in [6.45, 7) is 4.39. The number of fused-ring (bicyclic) bond motifs is 2. The van der Waals surface area contributed by atoms with E-state index < -0.39 is 0 Å². The fraction of sp³-hybridized carbons (Fsp3) is 0.200. The van der Waals surface area contributed by atoms with Gasteiger partial charge in [0.2, 0.25) is 0 Å². The van der Waals surface area contributed by atoms with Crippen molar-refractivity contribution in [2.24, 2.45) is 0 Å². The van der Waals surface area contributed by atoms with Crippen molar-refractivity contribution in [3.05, 3.63) is 48.5 Å². The van der Waals surface area contributed by atoms with Crippen molar-refractivity contribution >= 4 is 11.4 Å². The van der Waals surface area contributed by atoms with Gasteiger partial charge in [-0.15, -0.1) is 0 Å². The molecule has 3 rings (SSSR count). The fourth-order valence-corrected chi connectivity index (χ4v) is 2.29. The first-order valence-corrected chi connectivity index (χ1v) is 5.92. The highest BCUT2D eigenvalue weighted by Crippen LogP contribution is 2.46. The Morgan fingerprint density at radius 2 is 1.29 bits per heavy atom. The number of nitrogens with zero attached hydrogens (tertiary/aromatic N) is 1. The number of benzene rings is 2. The van der Waals surface area contributed by atoms with Crippen LogP contribution in [0, 0.1) is 0 Å². The van der Waals surface area contributed by atoms with Crippen molar-refractivity contribution in [1.29, 1.82) is 0 Å². The third-order valence-electron chi connectivity index (χ3n) is 2.99. The van der Waals surface area contributed by atoms with E-state index in [1.54, 1.807) is 0 Å². The van der Waals surface area contributed by atoms with E-state index in [0.29, 0.717) is 6.04 Å². The van der Waals surface area contributed by atoms with Gasteiger partial charge in [0.1, 0.15) is 0 Å². The maximum Gasteiger partial charge on any atom is 0.151 e. The molecule has 1 aliphatic heterocycles. The van der Waals surface area contributed by atoms with Crippen LogP contribution in [0.3, 0.4) is 0 Å². The average Bonchev–Trinajstić information content (AvgIpc) is 2.35. The number of hydrogen-bond donors (Lipinski definition) is 0. The molecule has 0 saturated heterocycles. The second-order valence-electron chi connectivity index (χ2n) is 4.50. The Bertz CT molecular complexity index is 503. The van der Waals surface area contributed by atoms with Crippen molar-refractivity contribution in [2.45, 2.75) is 19.9 Å². The van der Waals surface area contributed by atoms with Crippen molar-refractivity contribution in [3.63, 3.8) is 0 Å². The van der Waals surface area contributed by atoms with Crippen LogP contribution in [0.1, 0.15) is 13.8 Å². The minimum absolute atomic E-state index is 0.404. The zero-order valence-electron chi connectivity index (χ0n) is 10.1. The van der Waals surface area contributed by atoms with Gasteiger partial charge in [0, 0.05) is 6.04 Å². The third kappa shape index (κ3) is 1.57. The zero-order valence-corrected chi connectivity index (χ0v) is 10.1. The van der Waals surface area contributed by atoms with Gasteiger partial charge in [-0.2, -0.15) is 0 Å². The lowest BCUT2D eigenvalue weighted by Gasteiger charge is -2.35. The summed E-state index contributed by atoms with van der Waals surface area (Å²) >= 11 is 0. The average molecular weight is 225 g/mol. The van der Waals surface area contributed by atoms with Gasteiger partial charge in [0.15, 0.2) is 11.5 Å². The van der Waals surface area contributed by atoms with E-state index in [0.717, 1.165) is 22.9 Å². The van der Waals surface area contributed by atoms with E-state index in [2.05, 4.69) is 30.9 Å². The topological polar surface area (TPSA) is 12.5 Å². The Hall–Kier alpha value is -1.96. The van der Waals surface area contributed by atoms with E-state index in [-0.39, 0.29) is 0 Å². The standard InChI is InChI=1S/C15H15NO/c1-11(2)16-12-7-3-5-9-14(12)17-15-10-6-4-8-13(15)16/h3-11H,1-2H3. The van der Waals surface area contributed by atoms with Crippen LogP contribution >= 0.6 is 0 Å². The maximum atomic E-state index is 5.92. The Morgan fingerprint density at radius 1 is 0.824 bits per heavy atom. The van der Waals surface area contributed by atoms with Crippen LogP contribution in [-0.4, -0.2) is 6.04 Å². The molecule has 0 atom stereocenters. The molecule has 0 spiro atoms. The first-order chi connectivity index (χ1) is 8.27. The molecule has 0 aromatic heterocycles. The Balaban J connectivity index is 2.21. The van der Waals surface area contributed by atoms with E-state index in [4.69, 9.17) is 4.74 Å². The van der Waals surface area contributed by atoms with Crippen molar-refractivity contribution in [1.82, 2.24) is 0 Å². The molecule has 0 aliphatic carbocycles. The molecule has 2 nitrogen and oxygen atoms in total. The van der Waals surface area contributed by atoms with Crippen molar-refractivity contribution in [2.75, 3.05) is 4.90 Å². The molecule has 17 heavy (non-hydrogen) atoms. The van der Waals surface area contributed by atoms with Gasteiger partial charge in [-0.05, 0) is 38.1 Å². The third-order valence-corrected chi connectivity index (χ3v) is 2.99. The second-order valence-corrected chi connectivity index (χ2v) is 4.50. The van der Waals surface area contributed by atoms with Gasteiger partial charge < -0.3 is 9.64 Å². The Kier molecular flexibility index (Phi) is 2.29. The monoisotopic (exact) mass is 225 g/mol. The zero-order chi connectivity index (χ0) is 11.8. The summed E-state index contributed by atoms with van der Waals surface area (Å²) in [5.74, 6) is 1.86. The maximum absolute atomic E-state index is 5.92. The normalized spacial score (nSPS) is 13.0. The number of anilines is 2. The molecular weight excluding hydrogens is 210 g/mol. The van der Waals surface area contributed by atoms with E-state index in [9.17, 15) is 0 Å². The molecule has 0 fully saturated rings. The quantitative estimate of drug-likeness (QED) is 0.715. The van der Waals surface area contributed by atoms with Gasteiger partial charge in [0.05, 0.1) is 11.4 Å². The van der Waals surface area contributed by atoms with Crippen LogP contribution in [0.5, 0.6) is 11.5 Å². The Morgan fingerprint density at radius 3 is 1.76 bits per heavy atom. The van der Waals surface area contributed by atoms with Crippen LogP contribution in [0.25, 0.3) is 0 Å². The van der Waals surface area contributed by atoms with Crippen molar-refractivity contribution < 1.29 is 4.74 Å². The van der Waals surface area contributed by atoms with Gasteiger partial charge >= 0.3 is 0 Å². The highest BCUT2D eigenvalue weighted by atomic mass is 16.5. The summed E-state index contributed by atoms with van der Waals surface area (Å²) in [5.41, 5.74) is 2.28. The molecule has 0 bridgehead atoms. The van der Waals surface area contributed by atoms with E-state index in [1.807, 2.05) is 36.4 Å². The van der Waals surface area contributed by atoms with Gasteiger partial charge in [-0.25, -0.2) is 0 Å². The molecular formula is C15H15NO. The van der Waals surface area contributed by atoms with Crippen LogP contribution < -0.4 is 9.64 Å². The molecule has 1 aliphatic rings. The van der Waals surface area contributed by atoms with Crippen molar-refractivity contribution in [3.8, 4) is 11.5 Å². The summed E-state index contributed by atoms with van der Waals surface area (Å²) < 4.78 is 5.92. The number of rotatable bonds is 1. The predicted molar refractivity (Wildman–Crippen MR) is 70.2 cm³/mol. The highest BCUT2D eigenvalue weighted by Gasteiger charge is 2.25. The highest BCUT2D eigenvalue weighted by molar-refractivity contribution is 5.78. The number of ether oxygens (including phenoxy) is 1. The lowest BCUT2D eigenvalue weighted by molar-refractivity contribution is 0.469.